The summed E-state index contributed by atoms with van der Waals surface area (Å²) >= 11 is 0. The average Bonchev–Trinajstić information content (AvgIpc) is 3.01. The van der Waals surface area contributed by atoms with Crippen LogP contribution >= 0.6 is 0 Å². The van der Waals surface area contributed by atoms with Gasteiger partial charge in [-0.2, -0.15) is 0 Å². The quantitative estimate of drug-likeness (QED) is 0.609. The molecule has 0 N–H and O–H groups in total. The van der Waals surface area contributed by atoms with Crippen LogP contribution in [0.4, 0.5) is 0 Å². The first-order valence-corrected chi connectivity index (χ1v) is 8.48. The van der Waals surface area contributed by atoms with E-state index in [1.807, 2.05) is 20.8 Å². The van der Waals surface area contributed by atoms with Gasteiger partial charge in [0.1, 0.15) is 0 Å². The number of ether oxygens (including phenoxy) is 2. The zero-order valence-electron chi connectivity index (χ0n) is 13.7. The summed E-state index contributed by atoms with van der Waals surface area (Å²) in [5.41, 5.74) is 0. The van der Waals surface area contributed by atoms with Crippen molar-refractivity contribution in [3.05, 3.63) is 0 Å². The van der Waals surface area contributed by atoms with Gasteiger partial charge in [0, 0.05) is 0 Å². The van der Waals surface area contributed by atoms with Crippen LogP contribution in [0.3, 0.4) is 0 Å². The number of esters is 2. The normalized spacial score (nSPS) is 18.2. The van der Waals surface area contributed by atoms with E-state index < -0.39 is 0 Å². The predicted octanol–water partition coefficient (Wildman–Crippen LogP) is 3.73. The molecule has 21 heavy (non-hydrogen) atoms. The van der Waals surface area contributed by atoms with Gasteiger partial charge >= 0.3 is 11.9 Å². The van der Waals surface area contributed by atoms with Crippen LogP contribution in [0.2, 0.25) is 0 Å². The molecule has 0 spiro atoms. The maximum atomic E-state index is 12.4. The van der Waals surface area contributed by atoms with Crippen molar-refractivity contribution in [3.63, 3.8) is 0 Å². The number of rotatable bonds is 9. The molecule has 2 atom stereocenters. The lowest BCUT2D eigenvalue weighted by Gasteiger charge is -2.28. The van der Waals surface area contributed by atoms with Crippen LogP contribution in [0.5, 0.6) is 0 Å². The highest BCUT2D eigenvalue weighted by Crippen LogP contribution is 2.37. The molecule has 0 bridgehead atoms. The van der Waals surface area contributed by atoms with Crippen LogP contribution < -0.4 is 0 Å². The molecule has 0 aliphatic heterocycles. The lowest BCUT2D eigenvalue weighted by atomic mass is 9.79. The maximum absolute atomic E-state index is 12.4. The van der Waals surface area contributed by atoms with E-state index in [4.69, 9.17) is 9.47 Å². The second kappa shape index (κ2) is 9.80. The third-order valence-corrected chi connectivity index (χ3v) is 4.25. The van der Waals surface area contributed by atoms with E-state index in [-0.39, 0.29) is 29.7 Å². The van der Waals surface area contributed by atoms with Gasteiger partial charge in [0.15, 0.2) is 0 Å². The fourth-order valence-electron chi connectivity index (χ4n) is 3.18. The Hall–Kier alpha value is -1.06. The largest absolute Gasteiger partial charge is 0.465 e. The maximum Gasteiger partial charge on any atom is 0.310 e. The first kappa shape index (κ1) is 18.0. The fraction of sp³-hybridized carbons (Fsp3) is 0.882. The van der Waals surface area contributed by atoms with Crippen LogP contribution in [0.1, 0.15) is 65.7 Å². The summed E-state index contributed by atoms with van der Waals surface area (Å²) in [5, 5.41) is 0. The molecule has 0 aromatic rings. The molecule has 1 saturated carbocycles. The van der Waals surface area contributed by atoms with Gasteiger partial charge in [0.25, 0.3) is 0 Å². The molecule has 0 radical (unpaired) electrons. The van der Waals surface area contributed by atoms with Crippen LogP contribution in [0, 0.1) is 17.8 Å². The van der Waals surface area contributed by atoms with Crippen LogP contribution in [-0.4, -0.2) is 25.2 Å². The van der Waals surface area contributed by atoms with Gasteiger partial charge in [-0.3, -0.25) is 9.59 Å². The minimum atomic E-state index is -0.357. The smallest absolute Gasteiger partial charge is 0.310 e. The summed E-state index contributed by atoms with van der Waals surface area (Å²) < 4.78 is 10.6. The highest BCUT2D eigenvalue weighted by Gasteiger charge is 2.41. The van der Waals surface area contributed by atoms with Crippen molar-refractivity contribution in [1.29, 1.82) is 0 Å². The number of carbonyl (C=O) groups is 2. The molecule has 1 aliphatic carbocycles. The van der Waals surface area contributed by atoms with Crippen molar-refractivity contribution < 1.29 is 19.1 Å². The third kappa shape index (κ3) is 5.33. The van der Waals surface area contributed by atoms with Crippen LogP contribution in [0.15, 0.2) is 0 Å². The van der Waals surface area contributed by atoms with Crippen molar-refractivity contribution in [2.45, 2.75) is 65.7 Å². The minimum absolute atomic E-state index is 0.205. The summed E-state index contributed by atoms with van der Waals surface area (Å²) in [7, 11) is 0. The summed E-state index contributed by atoms with van der Waals surface area (Å²) in [6.07, 6.45) is 6.56. The Morgan fingerprint density at radius 2 is 1.48 bits per heavy atom. The van der Waals surface area contributed by atoms with E-state index in [0.717, 1.165) is 38.5 Å². The Kier molecular flexibility index (Phi) is 8.40. The third-order valence-electron chi connectivity index (χ3n) is 4.25. The first-order chi connectivity index (χ1) is 10.2. The molecule has 1 fully saturated rings. The zero-order valence-corrected chi connectivity index (χ0v) is 13.7. The Labute approximate surface area is 128 Å². The molecule has 0 saturated heterocycles. The SMILES string of the molecule is CCCOC(=O)C(CC)C(C(=O)OCCC)C1CCCC1. The molecule has 0 aromatic heterocycles. The van der Waals surface area contributed by atoms with E-state index in [1.54, 1.807) is 0 Å². The molecule has 4 heteroatoms. The van der Waals surface area contributed by atoms with Crippen LogP contribution in [0.25, 0.3) is 0 Å². The Morgan fingerprint density at radius 3 is 1.95 bits per heavy atom. The van der Waals surface area contributed by atoms with Gasteiger partial charge in [-0.25, -0.2) is 0 Å². The van der Waals surface area contributed by atoms with E-state index in [2.05, 4.69) is 0 Å². The highest BCUT2D eigenvalue weighted by atomic mass is 16.5. The molecule has 2 unspecified atom stereocenters. The second-order valence-electron chi connectivity index (χ2n) is 5.92. The van der Waals surface area contributed by atoms with Gasteiger partial charge < -0.3 is 9.47 Å². The molecular weight excluding hydrogens is 268 g/mol. The molecule has 4 nitrogen and oxygen atoms in total. The molecule has 1 rings (SSSR count). The molecule has 1 aliphatic rings. The first-order valence-electron chi connectivity index (χ1n) is 8.48. The number of hydrogen-bond acceptors (Lipinski definition) is 4. The zero-order chi connectivity index (χ0) is 15.7. The Bertz CT molecular complexity index is 321. The van der Waals surface area contributed by atoms with Gasteiger partial charge in [-0.05, 0) is 38.0 Å². The standard InChI is InChI=1S/C17H30O4/c1-4-11-20-16(18)14(6-3)15(13-9-7-8-10-13)17(19)21-12-5-2/h13-15H,4-12H2,1-3H3. The van der Waals surface area contributed by atoms with Gasteiger partial charge in [-0.15, -0.1) is 0 Å². The predicted molar refractivity (Wildman–Crippen MR) is 81.7 cm³/mol. The van der Waals surface area contributed by atoms with Gasteiger partial charge in [0.05, 0.1) is 25.0 Å². The second-order valence-corrected chi connectivity index (χ2v) is 5.92. The highest BCUT2D eigenvalue weighted by molar-refractivity contribution is 5.82. The van der Waals surface area contributed by atoms with E-state index in [0.29, 0.717) is 19.6 Å². The molecule has 122 valence electrons. The average molecular weight is 298 g/mol. The molecule has 0 heterocycles. The Balaban J connectivity index is 2.80. The topological polar surface area (TPSA) is 52.6 Å². The monoisotopic (exact) mass is 298 g/mol. The summed E-state index contributed by atoms with van der Waals surface area (Å²) in [6, 6.07) is 0. The van der Waals surface area contributed by atoms with Crippen molar-refractivity contribution in [3.8, 4) is 0 Å². The van der Waals surface area contributed by atoms with Gasteiger partial charge in [0.2, 0.25) is 0 Å². The van der Waals surface area contributed by atoms with Gasteiger partial charge in [-0.1, -0.05) is 33.6 Å². The number of carbonyl (C=O) groups excluding carboxylic acids is 2. The lowest BCUT2D eigenvalue weighted by Crippen LogP contribution is -2.37. The lowest BCUT2D eigenvalue weighted by molar-refractivity contribution is -0.163. The molecular formula is C17H30O4. The van der Waals surface area contributed by atoms with E-state index in [1.165, 1.54) is 0 Å². The van der Waals surface area contributed by atoms with Crippen LogP contribution in [-0.2, 0) is 19.1 Å². The summed E-state index contributed by atoms with van der Waals surface area (Å²) in [4.78, 5) is 24.7. The van der Waals surface area contributed by atoms with Crippen molar-refractivity contribution >= 4 is 11.9 Å². The molecule has 0 amide bonds. The minimum Gasteiger partial charge on any atom is -0.465 e. The summed E-state index contributed by atoms with van der Waals surface area (Å²) in [5.74, 6) is -0.848. The van der Waals surface area contributed by atoms with Crippen molar-refractivity contribution in [1.82, 2.24) is 0 Å². The van der Waals surface area contributed by atoms with E-state index in [9.17, 15) is 9.59 Å². The summed E-state index contributed by atoms with van der Waals surface area (Å²) in [6.45, 7) is 6.76. The van der Waals surface area contributed by atoms with Crippen molar-refractivity contribution in [2.75, 3.05) is 13.2 Å². The number of hydrogen-bond donors (Lipinski definition) is 0. The Morgan fingerprint density at radius 1 is 0.952 bits per heavy atom. The molecule has 0 aromatic carbocycles. The van der Waals surface area contributed by atoms with E-state index >= 15 is 0 Å². The fourth-order valence-corrected chi connectivity index (χ4v) is 3.18. The van der Waals surface area contributed by atoms with Crippen molar-refractivity contribution in [2.24, 2.45) is 17.8 Å².